The Morgan fingerprint density at radius 2 is 1.83 bits per heavy atom. The lowest BCUT2D eigenvalue weighted by atomic mass is 10.1. The van der Waals surface area contributed by atoms with Crippen molar-refractivity contribution in [2.24, 2.45) is 0 Å². The number of nitrogens with one attached hydrogen (secondary N) is 1. The number of anilines is 1. The zero-order chi connectivity index (χ0) is 21.3. The maximum absolute atomic E-state index is 12.8. The zero-order valence-corrected chi connectivity index (χ0v) is 18.2. The third-order valence-corrected chi connectivity index (χ3v) is 5.20. The van der Waals surface area contributed by atoms with Crippen molar-refractivity contribution in [3.05, 3.63) is 70.5 Å². The fourth-order valence-electron chi connectivity index (χ4n) is 3.17. The first-order valence-corrected chi connectivity index (χ1v) is 9.94. The van der Waals surface area contributed by atoms with Crippen LogP contribution in [0.2, 0.25) is 0 Å². The van der Waals surface area contributed by atoms with Crippen molar-refractivity contribution in [2.45, 2.75) is 6.92 Å². The first-order valence-electron chi connectivity index (χ1n) is 9.15. The summed E-state index contributed by atoms with van der Waals surface area (Å²) in [5.74, 6) is 0.942. The molecule has 30 heavy (non-hydrogen) atoms. The molecule has 0 saturated carbocycles. The third-order valence-electron chi connectivity index (χ3n) is 4.71. The van der Waals surface area contributed by atoms with Gasteiger partial charge in [-0.15, -0.1) is 0 Å². The average Bonchev–Trinajstić information content (AvgIpc) is 3.19. The molecule has 4 aromatic rings. The van der Waals surface area contributed by atoms with Crippen molar-refractivity contribution >= 4 is 33.2 Å². The molecule has 0 aliphatic carbocycles. The average molecular weight is 467 g/mol. The lowest BCUT2D eigenvalue weighted by molar-refractivity contribution is 0.102. The van der Waals surface area contributed by atoms with Crippen LogP contribution in [0.25, 0.3) is 16.9 Å². The summed E-state index contributed by atoms with van der Waals surface area (Å²) in [5.41, 5.74) is 4.16. The number of ether oxygens (including phenoxy) is 2. The summed E-state index contributed by atoms with van der Waals surface area (Å²) in [6, 6.07) is 14.8. The third kappa shape index (κ3) is 3.73. The Hall–Kier alpha value is -3.39. The molecule has 0 aliphatic rings. The number of amides is 1. The normalized spacial score (nSPS) is 10.8. The quantitative estimate of drug-likeness (QED) is 0.459. The van der Waals surface area contributed by atoms with Crippen LogP contribution < -0.4 is 14.8 Å². The molecule has 0 unspecified atom stereocenters. The molecule has 8 heteroatoms. The van der Waals surface area contributed by atoms with E-state index in [0.29, 0.717) is 17.1 Å². The molecule has 2 aromatic heterocycles. The summed E-state index contributed by atoms with van der Waals surface area (Å²) in [4.78, 5) is 17.1. The first kappa shape index (κ1) is 19.9. The van der Waals surface area contributed by atoms with Crippen molar-refractivity contribution in [3.63, 3.8) is 0 Å². The SMILES string of the molecule is COc1ccc(-c2ccnc3cc(C(=O)Nc4ccc(Br)cc4C)nn23)cc1OC. The zero-order valence-electron chi connectivity index (χ0n) is 16.6. The summed E-state index contributed by atoms with van der Waals surface area (Å²) in [6.45, 7) is 1.93. The van der Waals surface area contributed by atoms with Gasteiger partial charge < -0.3 is 14.8 Å². The van der Waals surface area contributed by atoms with E-state index in [4.69, 9.17) is 9.47 Å². The van der Waals surface area contributed by atoms with Gasteiger partial charge in [-0.25, -0.2) is 9.50 Å². The van der Waals surface area contributed by atoms with Gasteiger partial charge in [0.2, 0.25) is 0 Å². The van der Waals surface area contributed by atoms with E-state index in [2.05, 4.69) is 31.3 Å². The lowest BCUT2D eigenvalue weighted by Gasteiger charge is -2.10. The minimum absolute atomic E-state index is 0.276. The van der Waals surface area contributed by atoms with Gasteiger partial charge in [-0.3, -0.25) is 4.79 Å². The Bertz CT molecular complexity index is 1250. The smallest absolute Gasteiger partial charge is 0.276 e. The fourth-order valence-corrected chi connectivity index (χ4v) is 3.65. The van der Waals surface area contributed by atoms with E-state index in [0.717, 1.165) is 27.0 Å². The Balaban J connectivity index is 1.71. The first-order chi connectivity index (χ1) is 14.5. The number of benzene rings is 2. The number of nitrogens with zero attached hydrogens (tertiary/aromatic N) is 3. The van der Waals surface area contributed by atoms with Gasteiger partial charge in [-0.05, 0) is 55.0 Å². The van der Waals surface area contributed by atoms with Crippen molar-refractivity contribution in [1.29, 1.82) is 0 Å². The number of fused-ring (bicyclic) bond motifs is 1. The largest absolute Gasteiger partial charge is 0.493 e. The van der Waals surface area contributed by atoms with Crippen LogP contribution >= 0.6 is 15.9 Å². The van der Waals surface area contributed by atoms with Crippen LogP contribution in [0.15, 0.2) is 59.2 Å². The van der Waals surface area contributed by atoms with Gasteiger partial charge in [0.05, 0.1) is 19.9 Å². The highest BCUT2D eigenvalue weighted by Crippen LogP contribution is 2.32. The molecule has 0 bridgehead atoms. The molecular weight excluding hydrogens is 448 g/mol. The van der Waals surface area contributed by atoms with Gasteiger partial charge in [0.15, 0.2) is 22.8 Å². The molecule has 0 aliphatic heterocycles. The van der Waals surface area contributed by atoms with Crippen LogP contribution in [0.1, 0.15) is 16.1 Å². The number of aromatic nitrogens is 3. The number of hydrogen-bond acceptors (Lipinski definition) is 5. The van der Waals surface area contributed by atoms with E-state index >= 15 is 0 Å². The van der Waals surface area contributed by atoms with Crippen LogP contribution in [0.4, 0.5) is 5.69 Å². The van der Waals surface area contributed by atoms with Gasteiger partial charge in [0, 0.05) is 28.0 Å². The number of carbonyl (C=O) groups excluding carboxylic acids is 1. The molecule has 7 nitrogen and oxygen atoms in total. The summed E-state index contributed by atoms with van der Waals surface area (Å²) in [5, 5.41) is 7.40. The Kier molecular flexibility index (Phi) is 5.41. The molecule has 0 radical (unpaired) electrons. The summed E-state index contributed by atoms with van der Waals surface area (Å²) >= 11 is 3.43. The highest BCUT2D eigenvalue weighted by Gasteiger charge is 2.16. The van der Waals surface area contributed by atoms with Crippen LogP contribution in [0.3, 0.4) is 0 Å². The van der Waals surface area contributed by atoms with E-state index in [1.165, 1.54) is 0 Å². The number of rotatable bonds is 5. The summed E-state index contributed by atoms with van der Waals surface area (Å²) < 4.78 is 13.3. The number of methoxy groups -OCH3 is 2. The minimum atomic E-state index is -0.302. The van der Waals surface area contributed by atoms with Gasteiger partial charge in [-0.1, -0.05) is 15.9 Å². The number of carbonyl (C=O) groups is 1. The van der Waals surface area contributed by atoms with Gasteiger partial charge in [-0.2, -0.15) is 5.10 Å². The summed E-state index contributed by atoms with van der Waals surface area (Å²) in [7, 11) is 3.18. The Morgan fingerprint density at radius 1 is 1.03 bits per heavy atom. The van der Waals surface area contributed by atoms with E-state index < -0.39 is 0 Å². The van der Waals surface area contributed by atoms with Crippen molar-refractivity contribution in [2.75, 3.05) is 19.5 Å². The standard InChI is InChI=1S/C22H19BrN4O3/c1-13-10-15(23)5-6-16(13)25-22(28)17-12-21-24-9-8-18(27(21)26-17)14-4-7-19(29-2)20(11-14)30-3/h4-12H,1-3H3,(H,25,28). The van der Waals surface area contributed by atoms with Crippen molar-refractivity contribution in [1.82, 2.24) is 14.6 Å². The second kappa shape index (κ2) is 8.16. The predicted octanol–water partition coefficient (Wildman–Crippen LogP) is 4.74. The molecule has 2 heterocycles. The molecule has 0 saturated heterocycles. The maximum Gasteiger partial charge on any atom is 0.276 e. The molecule has 0 fully saturated rings. The second-order valence-corrected chi connectivity index (χ2v) is 7.53. The van der Waals surface area contributed by atoms with E-state index in [9.17, 15) is 4.79 Å². The molecule has 152 valence electrons. The van der Waals surface area contributed by atoms with Crippen LogP contribution in [-0.2, 0) is 0 Å². The highest BCUT2D eigenvalue weighted by atomic mass is 79.9. The lowest BCUT2D eigenvalue weighted by Crippen LogP contribution is -2.13. The molecule has 4 rings (SSSR count). The molecular formula is C22H19BrN4O3. The minimum Gasteiger partial charge on any atom is -0.493 e. The molecule has 0 spiro atoms. The van der Waals surface area contributed by atoms with Gasteiger partial charge in [0.25, 0.3) is 5.91 Å². The van der Waals surface area contributed by atoms with Gasteiger partial charge >= 0.3 is 0 Å². The summed E-state index contributed by atoms with van der Waals surface area (Å²) in [6.07, 6.45) is 1.68. The van der Waals surface area contributed by atoms with E-state index in [-0.39, 0.29) is 11.6 Å². The number of hydrogen-bond donors (Lipinski definition) is 1. The Morgan fingerprint density at radius 3 is 2.57 bits per heavy atom. The van der Waals surface area contributed by atoms with E-state index in [1.807, 2.05) is 49.4 Å². The molecule has 1 N–H and O–H groups in total. The van der Waals surface area contributed by atoms with Crippen LogP contribution in [-0.4, -0.2) is 34.7 Å². The Labute approximate surface area is 181 Å². The second-order valence-electron chi connectivity index (χ2n) is 6.61. The fraction of sp³-hybridized carbons (Fsp3) is 0.136. The molecule has 2 aromatic carbocycles. The molecule has 0 atom stereocenters. The number of aryl methyl sites for hydroxylation is 1. The number of halogens is 1. The van der Waals surface area contributed by atoms with Crippen LogP contribution in [0.5, 0.6) is 11.5 Å². The van der Waals surface area contributed by atoms with Crippen molar-refractivity contribution in [3.8, 4) is 22.8 Å². The maximum atomic E-state index is 12.8. The predicted molar refractivity (Wildman–Crippen MR) is 118 cm³/mol. The highest BCUT2D eigenvalue weighted by molar-refractivity contribution is 9.10. The van der Waals surface area contributed by atoms with Crippen molar-refractivity contribution < 1.29 is 14.3 Å². The van der Waals surface area contributed by atoms with Gasteiger partial charge in [0.1, 0.15) is 0 Å². The topological polar surface area (TPSA) is 77.8 Å². The monoisotopic (exact) mass is 466 g/mol. The van der Waals surface area contributed by atoms with Crippen LogP contribution in [0, 0.1) is 6.92 Å². The van der Waals surface area contributed by atoms with E-state index in [1.54, 1.807) is 31.0 Å². The molecule has 1 amide bonds.